The second-order valence-corrected chi connectivity index (χ2v) is 12.3. The van der Waals surface area contributed by atoms with Gasteiger partial charge in [-0.05, 0) is 79.8 Å². The van der Waals surface area contributed by atoms with Gasteiger partial charge in [0.2, 0.25) is 5.91 Å². The van der Waals surface area contributed by atoms with Gasteiger partial charge in [0.15, 0.2) is 11.8 Å². The van der Waals surface area contributed by atoms with Crippen LogP contribution in [0.25, 0.3) is 0 Å². The second kappa shape index (κ2) is 10.3. The molecule has 0 heterocycles. The average Bonchev–Trinajstić information content (AvgIpc) is 3.22. The molecule has 204 valence electrons. The molecule has 0 spiro atoms. The van der Waals surface area contributed by atoms with Crippen LogP contribution in [0.3, 0.4) is 0 Å². The molecular weight excluding hydrogens is 482 g/mol. The Balaban J connectivity index is 1.17. The second-order valence-electron chi connectivity index (χ2n) is 12.3. The molecule has 1 aromatic rings. The number of benzene rings is 1. The van der Waals surface area contributed by atoms with Crippen molar-refractivity contribution in [1.29, 1.82) is 0 Å². The first-order chi connectivity index (χ1) is 18.1. The first-order valence-corrected chi connectivity index (χ1v) is 14.1. The number of rotatable bonds is 7. The average molecular weight is 522 g/mol. The zero-order valence-electron chi connectivity index (χ0n) is 22.4. The van der Waals surface area contributed by atoms with E-state index in [4.69, 9.17) is 4.74 Å². The van der Waals surface area contributed by atoms with Gasteiger partial charge in [-0.15, -0.1) is 0 Å². The Morgan fingerprint density at radius 2 is 1.76 bits per heavy atom. The normalized spacial score (nSPS) is 34.7. The van der Waals surface area contributed by atoms with Gasteiger partial charge in [0.25, 0.3) is 0 Å². The van der Waals surface area contributed by atoms with E-state index in [2.05, 4.69) is 19.2 Å². The molecule has 0 aliphatic heterocycles. The van der Waals surface area contributed by atoms with Gasteiger partial charge in [-0.3, -0.25) is 14.4 Å². The Kier molecular flexibility index (Phi) is 7.23. The van der Waals surface area contributed by atoms with Gasteiger partial charge >= 0.3 is 11.9 Å². The molecule has 3 fully saturated rings. The van der Waals surface area contributed by atoms with Gasteiger partial charge in [0.05, 0.1) is 6.42 Å². The topological polar surface area (TPSA) is 110 Å². The minimum atomic E-state index is -1.15. The van der Waals surface area contributed by atoms with Crippen molar-refractivity contribution in [2.45, 2.75) is 90.2 Å². The number of carboxylic acids is 1. The lowest BCUT2D eigenvalue weighted by Gasteiger charge is -2.57. The fourth-order valence-corrected chi connectivity index (χ4v) is 8.30. The molecule has 4 aliphatic carbocycles. The number of nitrogens with one attached hydrogen (secondary N) is 1. The van der Waals surface area contributed by atoms with Crippen molar-refractivity contribution in [3.05, 3.63) is 47.5 Å². The van der Waals surface area contributed by atoms with Crippen LogP contribution in [0.15, 0.2) is 42.0 Å². The van der Waals surface area contributed by atoms with Crippen molar-refractivity contribution >= 4 is 23.6 Å². The monoisotopic (exact) mass is 521 g/mol. The third-order valence-corrected chi connectivity index (χ3v) is 10.4. The molecule has 7 atom stereocenters. The summed E-state index contributed by atoms with van der Waals surface area (Å²) in [6.07, 6.45) is 9.28. The summed E-state index contributed by atoms with van der Waals surface area (Å²) in [6, 6.07) is 7.36. The number of amides is 1. The largest absolute Gasteiger partial charge is 0.479 e. The van der Waals surface area contributed by atoms with Crippen LogP contribution in [-0.2, 0) is 23.9 Å². The third-order valence-electron chi connectivity index (χ3n) is 10.4. The van der Waals surface area contributed by atoms with Gasteiger partial charge in [-0.2, -0.15) is 0 Å². The van der Waals surface area contributed by atoms with Crippen molar-refractivity contribution in [2.75, 3.05) is 0 Å². The van der Waals surface area contributed by atoms with E-state index in [1.165, 1.54) is 5.57 Å². The van der Waals surface area contributed by atoms with Crippen molar-refractivity contribution < 1.29 is 29.0 Å². The van der Waals surface area contributed by atoms with Crippen LogP contribution in [-0.4, -0.2) is 34.8 Å². The Bertz CT molecular complexity index is 1140. The summed E-state index contributed by atoms with van der Waals surface area (Å²) in [6.45, 7) is 4.65. The Morgan fingerprint density at radius 1 is 1.00 bits per heavy atom. The lowest BCUT2D eigenvalue weighted by Crippen LogP contribution is -2.51. The fraction of sp³-hybridized carbons (Fsp3) is 0.613. The summed E-state index contributed by atoms with van der Waals surface area (Å²) >= 11 is 0. The van der Waals surface area contributed by atoms with Crippen LogP contribution in [0.2, 0.25) is 0 Å². The van der Waals surface area contributed by atoms with E-state index in [-0.39, 0.29) is 35.6 Å². The van der Waals surface area contributed by atoms with E-state index >= 15 is 0 Å². The predicted octanol–water partition coefficient (Wildman–Crippen LogP) is 5.15. The number of allylic oxidation sites excluding steroid dienone is 1. The van der Waals surface area contributed by atoms with Crippen LogP contribution in [0.4, 0.5) is 0 Å². The number of esters is 1. The summed E-state index contributed by atoms with van der Waals surface area (Å²) in [5, 5.41) is 12.1. The maximum atomic E-state index is 12.8. The predicted molar refractivity (Wildman–Crippen MR) is 141 cm³/mol. The quantitative estimate of drug-likeness (QED) is 0.480. The first kappa shape index (κ1) is 26.6. The van der Waals surface area contributed by atoms with E-state index in [1.54, 1.807) is 30.3 Å². The SMILES string of the molecule is C[C@]12CC[C@H]3[C@@H](CCC4=CC(=O)CC[C@@]43C)[C@@H]1CC[C@@H]2OC(=O)CCC(=O)N[C@H](C(=O)O)c1ccccc1. The Morgan fingerprint density at radius 3 is 2.50 bits per heavy atom. The van der Waals surface area contributed by atoms with Crippen molar-refractivity contribution in [3.8, 4) is 0 Å². The van der Waals surface area contributed by atoms with Crippen LogP contribution >= 0.6 is 0 Å². The lowest BCUT2D eigenvalue weighted by molar-refractivity contribution is -0.160. The van der Waals surface area contributed by atoms with Crippen LogP contribution in [0.5, 0.6) is 0 Å². The maximum absolute atomic E-state index is 12.8. The number of carbonyl (C=O) groups is 4. The molecule has 0 radical (unpaired) electrons. The molecule has 3 saturated carbocycles. The van der Waals surface area contributed by atoms with Crippen LogP contribution < -0.4 is 5.32 Å². The van der Waals surface area contributed by atoms with E-state index in [9.17, 15) is 24.3 Å². The molecule has 2 N–H and O–H groups in total. The number of ketones is 1. The number of hydrogen-bond acceptors (Lipinski definition) is 5. The van der Waals surface area contributed by atoms with Gasteiger partial charge in [0.1, 0.15) is 6.10 Å². The van der Waals surface area contributed by atoms with E-state index in [1.807, 2.05) is 6.08 Å². The molecule has 7 heteroatoms. The summed E-state index contributed by atoms with van der Waals surface area (Å²) < 4.78 is 6.01. The molecule has 1 amide bonds. The minimum Gasteiger partial charge on any atom is -0.479 e. The number of ether oxygens (including phenoxy) is 1. The highest BCUT2D eigenvalue weighted by Gasteiger charge is 2.59. The van der Waals surface area contributed by atoms with Gasteiger partial charge < -0.3 is 15.2 Å². The lowest BCUT2D eigenvalue weighted by atomic mass is 9.47. The Labute approximate surface area is 224 Å². The van der Waals surface area contributed by atoms with Gasteiger partial charge in [0, 0.05) is 18.3 Å². The zero-order chi connectivity index (χ0) is 27.1. The maximum Gasteiger partial charge on any atom is 0.330 e. The molecule has 4 aliphatic rings. The van der Waals surface area contributed by atoms with E-state index in [0.717, 1.165) is 44.9 Å². The molecule has 5 rings (SSSR count). The molecule has 0 saturated heterocycles. The van der Waals surface area contributed by atoms with Crippen molar-refractivity contribution in [2.24, 2.45) is 28.6 Å². The molecule has 38 heavy (non-hydrogen) atoms. The summed E-state index contributed by atoms with van der Waals surface area (Å²) in [4.78, 5) is 49.0. The van der Waals surface area contributed by atoms with E-state index in [0.29, 0.717) is 29.7 Å². The molecule has 0 aromatic heterocycles. The molecule has 0 bridgehead atoms. The Hall–Kier alpha value is -2.96. The fourth-order valence-electron chi connectivity index (χ4n) is 8.30. The van der Waals surface area contributed by atoms with Crippen molar-refractivity contribution in [3.63, 3.8) is 0 Å². The number of fused-ring (bicyclic) bond motifs is 5. The van der Waals surface area contributed by atoms with Crippen LogP contribution in [0.1, 0.15) is 89.7 Å². The van der Waals surface area contributed by atoms with Crippen molar-refractivity contribution in [1.82, 2.24) is 5.32 Å². The highest BCUT2D eigenvalue weighted by Crippen LogP contribution is 2.65. The highest BCUT2D eigenvalue weighted by molar-refractivity contribution is 5.91. The number of aliphatic carboxylic acids is 1. The standard InChI is InChI=1S/C31H39NO6/c1-30-16-14-21(33)18-20(30)8-9-22-23-10-11-25(31(23,2)17-15-24(22)30)38-27(35)13-12-26(34)32-28(29(36)37)19-6-4-3-5-7-19/h3-7,18,22-25,28H,8-17H2,1-2H3,(H,32,34)(H,36,37)/t22-,23-,24-,25-,28-,30-,31-/m0/s1. The molecule has 0 unspecified atom stereocenters. The highest BCUT2D eigenvalue weighted by atomic mass is 16.5. The number of carboxylic acid groups (broad SMARTS) is 1. The molecule has 7 nitrogen and oxygen atoms in total. The minimum absolute atomic E-state index is 0.0666. The van der Waals surface area contributed by atoms with Crippen LogP contribution in [0, 0.1) is 28.6 Å². The van der Waals surface area contributed by atoms with E-state index < -0.39 is 23.9 Å². The summed E-state index contributed by atoms with van der Waals surface area (Å²) in [7, 11) is 0. The number of carbonyl (C=O) groups excluding carboxylic acids is 3. The number of hydrogen-bond donors (Lipinski definition) is 2. The van der Waals surface area contributed by atoms with Gasteiger partial charge in [-0.25, -0.2) is 4.79 Å². The summed E-state index contributed by atoms with van der Waals surface area (Å²) in [5.74, 6) is -0.0844. The smallest absolute Gasteiger partial charge is 0.330 e. The molecular formula is C31H39NO6. The first-order valence-electron chi connectivity index (χ1n) is 14.1. The zero-order valence-corrected chi connectivity index (χ0v) is 22.4. The molecule has 1 aromatic carbocycles. The third kappa shape index (κ3) is 4.80. The summed E-state index contributed by atoms with van der Waals surface area (Å²) in [5.41, 5.74) is 1.89. The van der Waals surface area contributed by atoms with Gasteiger partial charge in [-0.1, -0.05) is 49.8 Å².